The van der Waals surface area contributed by atoms with Crippen LogP contribution >= 0.6 is 0 Å². The summed E-state index contributed by atoms with van der Waals surface area (Å²) in [6, 6.07) is 9.84. The zero-order chi connectivity index (χ0) is 17.7. The highest BCUT2D eigenvalue weighted by Crippen LogP contribution is 2.36. The van der Waals surface area contributed by atoms with Crippen LogP contribution in [0, 0.1) is 0 Å². The van der Waals surface area contributed by atoms with Crippen LogP contribution in [0.2, 0.25) is 0 Å². The maximum atomic E-state index is 6.13. The average molecular weight is 336 g/mol. The molecule has 1 saturated heterocycles. The first kappa shape index (κ1) is 16.1. The summed E-state index contributed by atoms with van der Waals surface area (Å²) in [4.78, 5) is 12.2. The predicted molar refractivity (Wildman–Crippen MR) is 99.3 cm³/mol. The van der Waals surface area contributed by atoms with Gasteiger partial charge in [-0.2, -0.15) is 4.98 Å². The molecule has 4 rings (SSSR count). The van der Waals surface area contributed by atoms with Crippen molar-refractivity contribution in [2.75, 3.05) is 5.32 Å². The van der Waals surface area contributed by atoms with Gasteiger partial charge in [0.25, 0.3) is 0 Å². The van der Waals surface area contributed by atoms with Gasteiger partial charge < -0.3 is 19.6 Å². The first-order valence-electron chi connectivity index (χ1n) is 8.37. The minimum absolute atomic E-state index is 0.378. The molecule has 6 nitrogen and oxygen atoms in total. The van der Waals surface area contributed by atoms with Gasteiger partial charge >= 0.3 is 7.12 Å². The molecule has 0 unspecified atom stereocenters. The highest BCUT2D eigenvalue weighted by atomic mass is 16.7. The van der Waals surface area contributed by atoms with E-state index in [-0.39, 0.29) is 11.2 Å². The SMILES string of the molecule is CC1(C)OB(c2c[nH]c3nc(Nc4ccccc4)ncc23)OC1(C)C. The van der Waals surface area contributed by atoms with Crippen molar-refractivity contribution in [2.45, 2.75) is 38.9 Å². The first-order valence-corrected chi connectivity index (χ1v) is 8.37. The minimum atomic E-state index is -0.435. The van der Waals surface area contributed by atoms with E-state index in [1.165, 1.54) is 0 Å². The van der Waals surface area contributed by atoms with Crippen molar-refractivity contribution in [3.63, 3.8) is 0 Å². The second-order valence-corrected chi connectivity index (χ2v) is 7.28. The topological polar surface area (TPSA) is 72.1 Å². The lowest BCUT2D eigenvalue weighted by molar-refractivity contribution is 0.00578. The highest BCUT2D eigenvalue weighted by molar-refractivity contribution is 6.65. The Kier molecular flexibility index (Phi) is 3.59. The minimum Gasteiger partial charge on any atom is -0.399 e. The molecule has 1 aliphatic heterocycles. The summed E-state index contributed by atoms with van der Waals surface area (Å²) in [5.74, 6) is 0.543. The Morgan fingerprint density at radius 2 is 1.72 bits per heavy atom. The summed E-state index contributed by atoms with van der Waals surface area (Å²) in [5.41, 5.74) is 1.85. The number of nitrogens with zero attached hydrogens (tertiary/aromatic N) is 2. The van der Waals surface area contributed by atoms with Crippen LogP contribution in [0.15, 0.2) is 42.7 Å². The summed E-state index contributed by atoms with van der Waals surface area (Å²) in [7, 11) is -0.435. The summed E-state index contributed by atoms with van der Waals surface area (Å²) in [6.07, 6.45) is 3.68. The molecule has 2 N–H and O–H groups in total. The van der Waals surface area contributed by atoms with Crippen LogP contribution in [0.1, 0.15) is 27.7 Å². The second kappa shape index (κ2) is 5.57. The Hall–Kier alpha value is -2.38. The van der Waals surface area contributed by atoms with E-state index in [1.54, 1.807) is 6.20 Å². The number of rotatable bonds is 3. The van der Waals surface area contributed by atoms with Crippen LogP contribution in [0.25, 0.3) is 11.0 Å². The van der Waals surface area contributed by atoms with Crippen LogP contribution in [0.4, 0.5) is 11.6 Å². The van der Waals surface area contributed by atoms with Crippen molar-refractivity contribution in [3.05, 3.63) is 42.7 Å². The molecule has 0 radical (unpaired) electrons. The van der Waals surface area contributed by atoms with Crippen LogP contribution < -0.4 is 10.8 Å². The van der Waals surface area contributed by atoms with Gasteiger partial charge in [0.05, 0.1) is 11.2 Å². The Morgan fingerprint density at radius 3 is 2.40 bits per heavy atom. The van der Waals surface area contributed by atoms with Gasteiger partial charge in [0.15, 0.2) is 0 Å². The van der Waals surface area contributed by atoms with Crippen LogP contribution in [0.5, 0.6) is 0 Å². The van der Waals surface area contributed by atoms with E-state index in [1.807, 2.05) is 64.2 Å². The number of aromatic amines is 1. The van der Waals surface area contributed by atoms with Crippen LogP contribution in [0.3, 0.4) is 0 Å². The average Bonchev–Trinajstić information content (AvgIpc) is 3.06. The highest BCUT2D eigenvalue weighted by Gasteiger charge is 2.52. The van der Waals surface area contributed by atoms with E-state index in [2.05, 4.69) is 20.3 Å². The molecule has 1 fully saturated rings. The van der Waals surface area contributed by atoms with Crippen LogP contribution in [-0.2, 0) is 9.31 Å². The van der Waals surface area contributed by atoms with Crippen molar-refractivity contribution in [2.24, 2.45) is 0 Å². The molecule has 0 atom stereocenters. The second-order valence-electron chi connectivity index (χ2n) is 7.28. The fourth-order valence-electron chi connectivity index (χ4n) is 2.80. The molecule has 3 aromatic rings. The van der Waals surface area contributed by atoms with Crippen molar-refractivity contribution >= 4 is 35.3 Å². The summed E-state index contributed by atoms with van der Waals surface area (Å²) < 4.78 is 12.3. The number of hydrogen-bond acceptors (Lipinski definition) is 5. The van der Waals surface area contributed by atoms with Crippen molar-refractivity contribution in [1.29, 1.82) is 0 Å². The fraction of sp³-hybridized carbons (Fsp3) is 0.333. The van der Waals surface area contributed by atoms with Gasteiger partial charge in [0, 0.05) is 28.9 Å². The zero-order valence-corrected chi connectivity index (χ0v) is 14.8. The van der Waals surface area contributed by atoms with E-state index < -0.39 is 7.12 Å². The van der Waals surface area contributed by atoms with E-state index in [9.17, 15) is 0 Å². The molecular weight excluding hydrogens is 315 g/mol. The van der Waals surface area contributed by atoms with E-state index in [0.717, 1.165) is 22.2 Å². The standard InChI is InChI=1S/C18H21BN4O2/c1-17(2)18(3,4)25-19(24-17)14-11-20-15-13(14)10-21-16(23-15)22-12-8-6-5-7-9-12/h5-11H,1-4H3,(H2,20,21,22,23). The number of aromatic nitrogens is 3. The maximum Gasteiger partial charge on any atom is 0.497 e. The molecule has 0 bridgehead atoms. The fourth-order valence-corrected chi connectivity index (χ4v) is 2.80. The molecule has 0 saturated carbocycles. The smallest absolute Gasteiger partial charge is 0.399 e. The monoisotopic (exact) mass is 336 g/mol. The van der Waals surface area contributed by atoms with Gasteiger partial charge in [-0.15, -0.1) is 0 Å². The lowest BCUT2D eigenvalue weighted by atomic mass is 9.79. The molecule has 0 amide bonds. The van der Waals surface area contributed by atoms with Crippen molar-refractivity contribution < 1.29 is 9.31 Å². The van der Waals surface area contributed by atoms with Gasteiger partial charge in [0.2, 0.25) is 5.95 Å². The maximum absolute atomic E-state index is 6.13. The van der Waals surface area contributed by atoms with Gasteiger partial charge in [-0.25, -0.2) is 4.98 Å². The number of nitrogens with one attached hydrogen (secondary N) is 2. The number of para-hydroxylation sites is 1. The Morgan fingerprint density at radius 1 is 1.04 bits per heavy atom. The Labute approximate surface area is 147 Å². The first-order chi connectivity index (χ1) is 11.9. The molecule has 7 heteroatoms. The number of benzene rings is 1. The molecule has 1 aromatic carbocycles. The third kappa shape index (κ3) is 2.79. The van der Waals surface area contributed by atoms with Crippen molar-refractivity contribution in [1.82, 2.24) is 15.0 Å². The lowest BCUT2D eigenvalue weighted by Gasteiger charge is -2.32. The molecule has 0 spiro atoms. The molecular formula is C18H21BN4O2. The van der Waals surface area contributed by atoms with Crippen LogP contribution in [-0.4, -0.2) is 33.3 Å². The summed E-state index contributed by atoms with van der Waals surface area (Å²) >= 11 is 0. The molecule has 25 heavy (non-hydrogen) atoms. The summed E-state index contributed by atoms with van der Waals surface area (Å²) in [6.45, 7) is 8.17. The number of anilines is 2. The molecule has 0 aliphatic carbocycles. The molecule has 3 heterocycles. The molecule has 2 aromatic heterocycles. The Bertz CT molecular complexity index is 892. The van der Waals surface area contributed by atoms with E-state index in [4.69, 9.17) is 9.31 Å². The molecule has 128 valence electrons. The third-order valence-corrected chi connectivity index (χ3v) is 5.00. The summed E-state index contributed by atoms with van der Waals surface area (Å²) in [5, 5.41) is 4.10. The van der Waals surface area contributed by atoms with Crippen molar-refractivity contribution in [3.8, 4) is 0 Å². The predicted octanol–water partition coefficient (Wildman–Crippen LogP) is 3.00. The van der Waals surface area contributed by atoms with Gasteiger partial charge in [0.1, 0.15) is 5.65 Å². The number of fused-ring (bicyclic) bond motifs is 1. The van der Waals surface area contributed by atoms with Gasteiger partial charge in [-0.1, -0.05) is 18.2 Å². The number of H-pyrrole nitrogens is 1. The normalized spacial score (nSPS) is 18.6. The number of hydrogen-bond donors (Lipinski definition) is 2. The Balaban J connectivity index is 1.63. The van der Waals surface area contributed by atoms with Gasteiger partial charge in [-0.3, -0.25) is 0 Å². The van der Waals surface area contributed by atoms with Gasteiger partial charge in [-0.05, 0) is 39.8 Å². The largest absolute Gasteiger partial charge is 0.497 e. The lowest BCUT2D eigenvalue weighted by Crippen LogP contribution is -2.41. The van der Waals surface area contributed by atoms with E-state index >= 15 is 0 Å². The molecule has 1 aliphatic rings. The third-order valence-electron chi connectivity index (χ3n) is 5.00. The zero-order valence-electron chi connectivity index (χ0n) is 14.8. The quantitative estimate of drug-likeness (QED) is 0.720. The van der Waals surface area contributed by atoms with E-state index in [0.29, 0.717) is 5.95 Å².